The first-order valence-electron chi connectivity index (χ1n) is 10.5. The number of amides is 3. The molecule has 1 heterocycles. The fourth-order valence-corrected chi connectivity index (χ4v) is 3.84. The second-order valence-corrected chi connectivity index (χ2v) is 7.73. The Labute approximate surface area is 190 Å². The first-order chi connectivity index (χ1) is 16.0. The van der Waals surface area contributed by atoms with Crippen LogP contribution in [0.3, 0.4) is 0 Å². The molecule has 3 amide bonds. The molecule has 0 saturated carbocycles. The van der Waals surface area contributed by atoms with E-state index in [2.05, 4.69) is 15.4 Å². The summed E-state index contributed by atoms with van der Waals surface area (Å²) in [5, 5.41) is 7.27. The van der Waals surface area contributed by atoms with Gasteiger partial charge in [-0.3, -0.25) is 19.2 Å². The van der Waals surface area contributed by atoms with Crippen molar-refractivity contribution in [3.63, 3.8) is 0 Å². The number of methoxy groups -OCH3 is 1. The Bertz CT molecular complexity index is 1220. The molecular formula is C25H23N3O5. The van der Waals surface area contributed by atoms with E-state index in [1.54, 1.807) is 29.2 Å². The molecule has 0 radical (unpaired) electrons. The molecule has 3 aromatic carbocycles. The van der Waals surface area contributed by atoms with Crippen LogP contribution in [0.1, 0.15) is 16.8 Å². The molecule has 1 aliphatic heterocycles. The van der Waals surface area contributed by atoms with E-state index in [1.165, 1.54) is 7.11 Å². The van der Waals surface area contributed by atoms with Gasteiger partial charge in [-0.2, -0.15) is 0 Å². The second-order valence-electron chi connectivity index (χ2n) is 7.73. The number of anilines is 2. The van der Waals surface area contributed by atoms with Crippen LogP contribution in [0.2, 0.25) is 0 Å². The number of rotatable bonds is 6. The molecule has 1 aliphatic rings. The topological polar surface area (TPSA) is 105 Å². The van der Waals surface area contributed by atoms with E-state index in [4.69, 9.17) is 0 Å². The molecular weight excluding hydrogens is 422 g/mol. The number of hydrogen-bond donors (Lipinski definition) is 2. The smallest absolute Gasteiger partial charge is 0.325 e. The van der Waals surface area contributed by atoms with Gasteiger partial charge in [0.2, 0.25) is 11.8 Å². The van der Waals surface area contributed by atoms with Crippen molar-refractivity contribution >= 4 is 45.8 Å². The molecule has 0 aliphatic carbocycles. The number of benzene rings is 3. The number of carbonyl (C=O) groups is 4. The van der Waals surface area contributed by atoms with Crippen LogP contribution in [-0.4, -0.2) is 43.9 Å². The normalized spacial score (nSPS) is 15.4. The Morgan fingerprint density at radius 3 is 2.48 bits per heavy atom. The van der Waals surface area contributed by atoms with Gasteiger partial charge in [0, 0.05) is 29.6 Å². The van der Waals surface area contributed by atoms with Crippen LogP contribution in [-0.2, 0) is 19.1 Å². The van der Waals surface area contributed by atoms with Crippen LogP contribution in [0.5, 0.6) is 0 Å². The van der Waals surface area contributed by atoms with E-state index in [1.807, 2.05) is 42.5 Å². The van der Waals surface area contributed by atoms with Crippen molar-refractivity contribution in [2.75, 3.05) is 30.4 Å². The third-order valence-corrected chi connectivity index (χ3v) is 5.59. The third-order valence-electron chi connectivity index (χ3n) is 5.59. The Kier molecular flexibility index (Phi) is 6.35. The van der Waals surface area contributed by atoms with Crippen molar-refractivity contribution in [3.05, 3.63) is 72.3 Å². The van der Waals surface area contributed by atoms with E-state index in [0.717, 1.165) is 16.5 Å². The maximum Gasteiger partial charge on any atom is 0.325 e. The van der Waals surface area contributed by atoms with Crippen LogP contribution < -0.4 is 15.5 Å². The van der Waals surface area contributed by atoms with E-state index in [9.17, 15) is 19.2 Å². The van der Waals surface area contributed by atoms with E-state index >= 15 is 0 Å². The molecule has 1 atom stereocenters. The molecule has 33 heavy (non-hydrogen) atoms. The number of hydrogen-bond acceptors (Lipinski definition) is 5. The number of carbonyl (C=O) groups excluding carboxylic acids is 4. The lowest BCUT2D eigenvalue weighted by atomic mass is 10.1. The van der Waals surface area contributed by atoms with Gasteiger partial charge in [-0.05, 0) is 35.7 Å². The Balaban J connectivity index is 1.40. The highest BCUT2D eigenvalue weighted by molar-refractivity contribution is 6.08. The lowest BCUT2D eigenvalue weighted by Crippen LogP contribution is -2.30. The van der Waals surface area contributed by atoms with Gasteiger partial charge < -0.3 is 20.3 Å². The molecule has 8 nitrogen and oxygen atoms in total. The van der Waals surface area contributed by atoms with Gasteiger partial charge in [0.05, 0.1) is 18.7 Å². The maximum absolute atomic E-state index is 12.8. The zero-order valence-corrected chi connectivity index (χ0v) is 18.0. The predicted molar refractivity (Wildman–Crippen MR) is 124 cm³/mol. The summed E-state index contributed by atoms with van der Waals surface area (Å²) < 4.78 is 4.48. The zero-order valence-electron chi connectivity index (χ0n) is 18.0. The van der Waals surface area contributed by atoms with Gasteiger partial charge in [0.25, 0.3) is 5.91 Å². The molecule has 2 N–H and O–H groups in total. The largest absolute Gasteiger partial charge is 0.468 e. The van der Waals surface area contributed by atoms with Crippen molar-refractivity contribution < 1.29 is 23.9 Å². The minimum atomic E-state index is -0.545. The van der Waals surface area contributed by atoms with Gasteiger partial charge in [-0.25, -0.2) is 0 Å². The molecule has 1 unspecified atom stereocenters. The molecule has 8 heteroatoms. The molecule has 3 aromatic rings. The van der Waals surface area contributed by atoms with Gasteiger partial charge in [-0.1, -0.05) is 36.4 Å². The average Bonchev–Trinajstić information content (AvgIpc) is 3.23. The number of nitrogens with zero attached hydrogens (tertiary/aromatic N) is 1. The van der Waals surface area contributed by atoms with E-state index in [0.29, 0.717) is 17.8 Å². The first kappa shape index (κ1) is 22.0. The number of ether oxygens (including phenoxy) is 1. The summed E-state index contributed by atoms with van der Waals surface area (Å²) in [5.74, 6) is -1.81. The number of esters is 1. The SMILES string of the molecule is COC(=O)CNC(=O)c1ccc(NC(=O)C2CC(=O)N(c3cccc4ccccc34)C2)cc1. The highest BCUT2D eigenvalue weighted by atomic mass is 16.5. The van der Waals surface area contributed by atoms with Crippen molar-refractivity contribution in [2.45, 2.75) is 6.42 Å². The summed E-state index contributed by atoms with van der Waals surface area (Å²) in [6.45, 7) is 0.0728. The maximum atomic E-state index is 12.8. The summed E-state index contributed by atoms with van der Waals surface area (Å²) in [5.41, 5.74) is 1.66. The minimum Gasteiger partial charge on any atom is -0.468 e. The second kappa shape index (κ2) is 9.52. The minimum absolute atomic E-state index is 0.0934. The van der Waals surface area contributed by atoms with Gasteiger partial charge in [0.15, 0.2) is 0 Å². The van der Waals surface area contributed by atoms with Crippen LogP contribution >= 0.6 is 0 Å². The summed E-state index contributed by atoms with van der Waals surface area (Å²) in [6.07, 6.45) is 0.128. The molecule has 0 aromatic heterocycles. The fraction of sp³-hybridized carbons (Fsp3) is 0.200. The summed E-state index contributed by atoms with van der Waals surface area (Å²) in [7, 11) is 1.24. The van der Waals surface area contributed by atoms with Crippen molar-refractivity contribution in [2.24, 2.45) is 5.92 Å². The van der Waals surface area contributed by atoms with Gasteiger partial charge >= 0.3 is 5.97 Å². The molecule has 0 bridgehead atoms. The number of nitrogens with one attached hydrogen (secondary N) is 2. The van der Waals surface area contributed by atoms with Crippen molar-refractivity contribution in [3.8, 4) is 0 Å². The molecule has 0 spiro atoms. The Hall–Kier alpha value is -4.20. The fourth-order valence-electron chi connectivity index (χ4n) is 3.84. The predicted octanol–water partition coefficient (Wildman–Crippen LogP) is 2.73. The average molecular weight is 445 g/mol. The van der Waals surface area contributed by atoms with Crippen LogP contribution in [0.15, 0.2) is 66.7 Å². The Morgan fingerprint density at radius 1 is 1.00 bits per heavy atom. The lowest BCUT2D eigenvalue weighted by Gasteiger charge is -2.19. The van der Waals surface area contributed by atoms with E-state index < -0.39 is 17.8 Å². The van der Waals surface area contributed by atoms with Crippen LogP contribution in [0.4, 0.5) is 11.4 Å². The molecule has 1 fully saturated rings. The Morgan fingerprint density at radius 2 is 1.73 bits per heavy atom. The highest BCUT2D eigenvalue weighted by Gasteiger charge is 2.35. The van der Waals surface area contributed by atoms with Crippen LogP contribution in [0.25, 0.3) is 10.8 Å². The van der Waals surface area contributed by atoms with Crippen LogP contribution in [0, 0.1) is 5.92 Å². The quantitative estimate of drug-likeness (QED) is 0.568. The summed E-state index contributed by atoms with van der Waals surface area (Å²) >= 11 is 0. The lowest BCUT2D eigenvalue weighted by molar-refractivity contribution is -0.139. The highest BCUT2D eigenvalue weighted by Crippen LogP contribution is 2.32. The monoisotopic (exact) mass is 445 g/mol. The zero-order chi connectivity index (χ0) is 23.4. The third kappa shape index (κ3) is 4.85. The molecule has 1 saturated heterocycles. The summed E-state index contributed by atoms with van der Waals surface area (Å²) in [6, 6.07) is 19.9. The molecule has 168 valence electrons. The summed E-state index contributed by atoms with van der Waals surface area (Å²) in [4.78, 5) is 50.4. The van der Waals surface area contributed by atoms with Gasteiger partial charge in [0.1, 0.15) is 6.54 Å². The standard InChI is InChI=1S/C25H23N3O5/c1-33-23(30)14-26-24(31)17-9-11-19(12-10-17)27-25(32)18-13-22(29)28(15-18)21-8-4-6-16-5-2-3-7-20(16)21/h2-12,18H,13-15H2,1H3,(H,26,31)(H,27,32). The molecule has 4 rings (SSSR count). The van der Waals surface area contributed by atoms with Crippen molar-refractivity contribution in [1.82, 2.24) is 5.32 Å². The van der Waals surface area contributed by atoms with Gasteiger partial charge in [-0.15, -0.1) is 0 Å². The van der Waals surface area contributed by atoms with Crippen molar-refractivity contribution in [1.29, 1.82) is 0 Å². The first-order valence-corrected chi connectivity index (χ1v) is 10.5. The number of fused-ring (bicyclic) bond motifs is 1. The van der Waals surface area contributed by atoms with E-state index in [-0.39, 0.29) is 24.8 Å².